The van der Waals surface area contributed by atoms with Gasteiger partial charge in [-0.15, -0.1) is 10.2 Å². The fourth-order valence-electron chi connectivity index (χ4n) is 4.85. The van der Waals surface area contributed by atoms with Crippen LogP contribution in [-0.4, -0.2) is 46.7 Å². The molecule has 6 rings (SSSR count). The lowest BCUT2D eigenvalue weighted by atomic mass is 9.89. The van der Waals surface area contributed by atoms with Crippen molar-refractivity contribution in [2.75, 3.05) is 0 Å². The van der Waals surface area contributed by atoms with E-state index in [1.165, 1.54) is 12.1 Å². The third-order valence-corrected chi connectivity index (χ3v) is 6.25. The van der Waals surface area contributed by atoms with Crippen molar-refractivity contribution in [1.82, 2.24) is 35.6 Å². The lowest BCUT2D eigenvalue weighted by Crippen LogP contribution is -2.00. The number of H-pyrrole nitrogens is 4. The highest BCUT2D eigenvalue weighted by Crippen LogP contribution is 2.44. The largest absolute Gasteiger partial charge is 0.477 e. The van der Waals surface area contributed by atoms with Gasteiger partial charge in [0.1, 0.15) is 11.5 Å². The highest BCUT2D eigenvalue weighted by Gasteiger charge is 2.28. The fraction of sp³-hybridized carbons (Fsp3) is 0.120. The smallest absolute Gasteiger partial charge is 0.352 e. The Morgan fingerprint density at radius 3 is 2.63 bits per heavy atom. The molecule has 6 aromatic rings. The van der Waals surface area contributed by atoms with E-state index in [1.54, 1.807) is 6.20 Å². The second-order valence-corrected chi connectivity index (χ2v) is 8.70. The lowest BCUT2D eigenvalue weighted by molar-refractivity contribution is 0.0692. The molecule has 0 amide bonds. The SMILES string of the molecule is CC(C)c1c(-c2cc(F)cc3[nH]ccc23)[nH]c(C(=O)O)c1-c1cccc2[nH]c(-c3nn[nH]n3)cc12. The van der Waals surface area contributed by atoms with E-state index < -0.39 is 11.8 Å². The minimum Gasteiger partial charge on any atom is -0.477 e. The van der Waals surface area contributed by atoms with E-state index in [0.29, 0.717) is 33.9 Å². The predicted octanol–water partition coefficient (Wildman–Crippen LogP) is 5.45. The van der Waals surface area contributed by atoms with Gasteiger partial charge in [0, 0.05) is 39.1 Å². The number of aromatic amines is 4. The van der Waals surface area contributed by atoms with Gasteiger partial charge in [-0.05, 0) is 52.6 Å². The molecule has 0 unspecified atom stereocenters. The second kappa shape index (κ2) is 7.66. The van der Waals surface area contributed by atoms with E-state index in [-0.39, 0.29) is 11.6 Å². The molecule has 2 aromatic carbocycles. The number of tetrazole rings is 1. The maximum Gasteiger partial charge on any atom is 0.352 e. The van der Waals surface area contributed by atoms with Crippen LogP contribution >= 0.6 is 0 Å². The first-order chi connectivity index (χ1) is 16.9. The Bertz CT molecular complexity index is 1720. The fourth-order valence-corrected chi connectivity index (χ4v) is 4.85. The Morgan fingerprint density at radius 1 is 1.03 bits per heavy atom. The summed E-state index contributed by atoms with van der Waals surface area (Å²) in [6, 6.07) is 12.3. The third kappa shape index (κ3) is 3.22. The Hall–Kier alpha value is -4.73. The number of carboxylic acid groups (broad SMARTS) is 1. The molecular formula is C25H20FN7O2. The minimum absolute atomic E-state index is 0.0476. The van der Waals surface area contributed by atoms with E-state index in [2.05, 4.69) is 35.6 Å². The summed E-state index contributed by atoms with van der Waals surface area (Å²) in [5, 5.41) is 25.9. The number of hydrogen-bond acceptors (Lipinski definition) is 4. The lowest BCUT2D eigenvalue weighted by Gasteiger charge is -2.13. The van der Waals surface area contributed by atoms with Gasteiger partial charge in [-0.2, -0.15) is 5.21 Å². The van der Waals surface area contributed by atoms with Gasteiger partial charge in [0.25, 0.3) is 0 Å². The molecule has 5 N–H and O–H groups in total. The number of aromatic nitrogens is 7. The first kappa shape index (κ1) is 20.8. The van der Waals surface area contributed by atoms with Gasteiger partial charge in [-0.3, -0.25) is 0 Å². The summed E-state index contributed by atoms with van der Waals surface area (Å²) in [6.07, 6.45) is 1.74. The number of nitrogens with zero attached hydrogens (tertiary/aromatic N) is 3. The first-order valence-corrected chi connectivity index (χ1v) is 11.0. The highest BCUT2D eigenvalue weighted by atomic mass is 19.1. The normalized spacial score (nSPS) is 11.8. The molecule has 0 aliphatic rings. The van der Waals surface area contributed by atoms with E-state index in [4.69, 9.17) is 0 Å². The predicted molar refractivity (Wildman–Crippen MR) is 130 cm³/mol. The van der Waals surface area contributed by atoms with Crippen LogP contribution in [0.3, 0.4) is 0 Å². The van der Waals surface area contributed by atoms with Crippen LogP contribution in [0.25, 0.3) is 55.7 Å². The summed E-state index contributed by atoms with van der Waals surface area (Å²) in [6.45, 7) is 3.99. The Kier molecular flexibility index (Phi) is 4.56. The molecule has 174 valence electrons. The van der Waals surface area contributed by atoms with E-state index in [0.717, 1.165) is 27.4 Å². The van der Waals surface area contributed by atoms with Gasteiger partial charge >= 0.3 is 5.97 Å². The zero-order valence-corrected chi connectivity index (χ0v) is 18.8. The average Bonchev–Trinajstić information content (AvgIpc) is 3.62. The highest BCUT2D eigenvalue weighted by molar-refractivity contribution is 6.07. The quantitative estimate of drug-likeness (QED) is 0.228. The Balaban J connectivity index is 1.68. The summed E-state index contributed by atoms with van der Waals surface area (Å²) >= 11 is 0. The Morgan fingerprint density at radius 2 is 1.89 bits per heavy atom. The van der Waals surface area contributed by atoms with Crippen molar-refractivity contribution in [2.24, 2.45) is 0 Å². The summed E-state index contributed by atoms with van der Waals surface area (Å²) in [4.78, 5) is 21.9. The van der Waals surface area contributed by atoms with E-state index in [1.807, 2.05) is 44.2 Å². The van der Waals surface area contributed by atoms with Gasteiger partial charge in [0.2, 0.25) is 5.82 Å². The van der Waals surface area contributed by atoms with Crippen LogP contribution in [0.1, 0.15) is 35.8 Å². The topological polar surface area (TPSA) is 139 Å². The van der Waals surface area contributed by atoms with Crippen molar-refractivity contribution in [1.29, 1.82) is 0 Å². The van der Waals surface area contributed by atoms with Gasteiger partial charge in [-0.1, -0.05) is 26.0 Å². The van der Waals surface area contributed by atoms with Crippen LogP contribution in [0.15, 0.2) is 48.7 Å². The number of carboxylic acids is 1. The summed E-state index contributed by atoms with van der Waals surface area (Å²) in [5.74, 6) is -1.16. The molecule has 4 heterocycles. The number of halogens is 1. The number of hydrogen-bond donors (Lipinski definition) is 5. The molecule has 10 heteroatoms. The number of carbonyl (C=O) groups is 1. The van der Waals surface area contributed by atoms with Crippen LogP contribution < -0.4 is 0 Å². The molecule has 0 spiro atoms. The summed E-state index contributed by atoms with van der Waals surface area (Å²) < 4.78 is 14.6. The Labute approximate surface area is 197 Å². The van der Waals surface area contributed by atoms with Crippen molar-refractivity contribution in [3.63, 3.8) is 0 Å². The van der Waals surface area contributed by atoms with Crippen LogP contribution in [0.2, 0.25) is 0 Å². The second-order valence-electron chi connectivity index (χ2n) is 8.70. The molecule has 0 aliphatic heterocycles. The third-order valence-electron chi connectivity index (χ3n) is 6.25. The van der Waals surface area contributed by atoms with E-state index in [9.17, 15) is 14.3 Å². The van der Waals surface area contributed by atoms with E-state index >= 15 is 0 Å². The van der Waals surface area contributed by atoms with Crippen molar-refractivity contribution < 1.29 is 14.3 Å². The molecule has 0 radical (unpaired) electrons. The zero-order chi connectivity index (χ0) is 24.3. The number of nitrogens with one attached hydrogen (secondary N) is 4. The summed E-state index contributed by atoms with van der Waals surface area (Å²) in [5.41, 5.74) is 5.43. The number of aromatic carboxylic acids is 1. The molecule has 0 saturated carbocycles. The van der Waals surface area contributed by atoms with Crippen molar-refractivity contribution in [3.8, 4) is 33.9 Å². The van der Waals surface area contributed by atoms with Gasteiger partial charge in [-0.25, -0.2) is 9.18 Å². The molecule has 0 bridgehead atoms. The standard InChI is InChI=1S/C25H20FN7O2/c1-11(2)20-21(14-4-3-5-17-15(14)10-19(28-17)24-30-32-33-31-24)23(25(34)35)29-22(20)16-8-12(26)9-18-13(16)6-7-27-18/h3-11,27-29H,1-2H3,(H,34,35)(H,30,31,32,33). The zero-order valence-electron chi connectivity index (χ0n) is 18.8. The van der Waals surface area contributed by atoms with Crippen molar-refractivity contribution in [3.05, 3.63) is 65.7 Å². The van der Waals surface area contributed by atoms with Crippen LogP contribution in [0, 0.1) is 5.82 Å². The summed E-state index contributed by atoms with van der Waals surface area (Å²) in [7, 11) is 0. The van der Waals surface area contributed by atoms with Crippen LogP contribution in [0.4, 0.5) is 4.39 Å². The molecule has 35 heavy (non-hydrogen) atoms. The molecule has 0 fully saturated rings. The van der Waals surface area contributed by atoms with Gasteiger partial charge < -0.3 is 20.1 Å². The maximum atomic E-state index is 14.6. The molecule has 0 aliphatic carbocycles. The monoisotopic (exact) mass is 469 g/mol. The van der Waals surface area contributed by atoms with Crippen LogP contribution in [0.5, 0.6) is 0 Å². The molecule has 9 nitrogen and oxygen atoms in total. The minimum atomic E-state index is -1.10. The van der Waals surface area contributed by atoms with Gasteiger partial charge in [0.15, 0.2) is 0 Å². The number of benzene rings is 2. The maximum absolute atomic E-state index is 14.6. The average molecular weight is 469 g/mol. The molecule has 0 atom stereocenters. The van der Waals surface area contributed by atoms with Crippen molar-refractivity contribution in [2.45, 2.75) is 19.8 Å². The van der Waals surface area contributed by atoms with Crippen LogP contribution in [-0.2, 0) is 0 Å². The molecule has 0 saturated heterocycles. The van der Waals surface area contributed by atoms with Crippen molar-refractivity contribution >= 4 is 27.8 Å². The number of rotatable bonds is 5. The number of fused-ring (bicyclic) bond motifs is 2. The van der Waals surface area contributed by atoms with Gasteiger partial charge in [0.05, 0.1) is 11.4 Å². The first-order valence-electron chi connectivity index (χ1n) is 11.0. The molecule has 4 aromatic heterocycles. The molecular weight excluding hydrogens is 449 g/mol.